The summed E-state index contributed by atoms with van der Waals surface area (Å²) in [4.78, 5) is 24.5. The monoisotopic (exact) mass is 283 g/mol. The molecule has 20 heavy (non-hydrogen) atoms. The van der Waals surface area contributed by atoms with Crippen LogP contribution < -0.4 is 5.73 Å². The maximum atomic E-state index is 11.8. The van der Waals surface area contributed by atoms with Crippen LogP contribution in [0.5, 0.6) is 0 Å². The number of aryl methyl sites for hydroxylation is 1. The number of carboxylic acid groups (broad SMARTS) is 1. The van der Waals surface area contributed by atoms with Gasteiger partial charge in [0.2, 0.25) is 5.91 Å². The van der Waals surface area contributed by atoms with Crippen LogP contribution in [0.1, 0.15) is 42.9 Å². The minimum atomic E-state index is -1.14. The van der Waals surface area contributed by atoms with Crippen LogP contribution in [-0.4, -0.2) is 50.0 Å². The van der Waals surface area contributed by atoms with E-state index in [1.165, 1.54) is 4.68 Å². The maximum Gasteiger partial charge on any atom is 0.358 e. The Balaban J connectivity index is 2.58. The molecule has 0 aliphatic heterocycles. The van der Waals surface area contributed by atoms with Gasteiger partial charge in [-0.15, -0.1) is 5.10 Å². The molecule has 0 spiro atoms. The van der Waals surface area contributed by atoms with Crippen molar-refractivity contribution in [1.29, 1.82) is 0 Å². The van der Waals surface area contributed by atoms with Gasteiger partial charge in [-0.3, -0.25) is 4.79 Å². The molecule has 0 unspecified atom stereocenters. The van der Waals surface area contributed by atoms with Gasteiger partial charge in [-0.1, -0.05) is 5.21 Å². The van der Waals surface area contributed by atoms with Crippen LogP contribution in [0.4, 0.5) is 0 Å². The molecular formula is C12H21N5O3. The minimum Gasteiger partial charge on any atom is -0.476 e. The summed E-state index contributed by atoms with van der Waals surface area (Å²) in [7, 11) is 0. The van der Waals surface area contributed by atoms with Crippen molar-refractivity contribution in [1.82, 2.24) is 19.9 Å². The quantitative estimate of drug-likeness (QED) is 0.698. The fourth-order valence-corrected chi connectivity index (χ4v) is 2.00. The van der Waals surface area contributed by atoms with Crippen molar-refractivity contribution >= 4 is 11.9 Å². The zero-order chi connectivity index (χ0) is 15.1. The number of hydrogen-bond acceptors (Lipinski definition) is 5. The normalized spacial score (nSPS) is 10.6. The van der Waals surface area contributed by atoms with Crippen molar-refractivity contribution < 1.29 is 14.7 Å². The fourth-order valence-electron chi connectivity index (χ4n) is 2.00. The molecule has 0 fully saturated rings. The summed E-state index contributed by atoms with van der Waals surface area (Å²) < 4.78 is 1.46. The summed E-state index contributed by atoms with van der Waals surface area (Å²) in [5.41, 5.74) is 5.78. The van der Waals surface area contributed by atoms with E-state index in [0.717, 1.165) is 0 Å². The highest BCUT2D eigenvalue weighted by molar-refractivity contribution is 5.86. The molecule has 0 atom stereocenters. The zero-order valence-corrected chi connectivity index (χ0v) is 11.9. The van der Waals surface area contributed by atoms with Gasteiger partial charge in [0.1, 0.15) is 0 Å². The lowest BCUT2D eigenvalue weighted by Gasteiger charge is -2.18. The molecule has 0 radical (unpaired) electrons. The van der Waals surface area contributed by atoms with Crippen LogP contribution in [0.25, 0.3) is 0 Å². The second-order valence-electron chi connectivity index (χ2n) is 4.29. The van der Waals surface area contributed by atoms with E-state index >= 15 is 0 Å². The molecule has 112 valence electrons. The van der Waals surface area contributed by atoms with Crippen LogP contribution in [-0.2, 0) is 17.9 Å². The number of carbonyl (C=O) groups excluding carboxylic acids is 1. The summed E-state index contributed by atoms with van der Waals surface area (Å²) >= 11 is 0. The lowest BCUT2D eigenvalue weighted by atomic mass is 10.2. The molecule has 1 aromatic heterocycles. The number of rotatable bonds is 8. The molecule has 0 saturated heterocycles. The summed E-state index contributed by atoms with van der Waals surface area (Å²) in [6.07, 6.45) is 0.971. The maximum absolute atomic E-state index is 11.8. The first-order valence-corrected chi connectivity index (χ1v) is 6.68. The van der Waals surface area contributed by atoms with Gasteiger partial charge < -0.3 is 15.7 Å². The van der Waals surface area contributed by atoms with E-state index in [0.29, 0.717) is 38.2 Å². The van der Waals surface area contributed by atoms with Gasteiger partial charge in [0, 0.05) is 32.6 Å². The van der Waals surface area contributed by atoms with E-state index < -0.39 is 5.97 Å². The largest absolute Gasteiger partial charge is 0.476 e. The molecule has 0 aromatic carbocycles. The molecule has 1 heterocycles. The topological polar surface area (TPSA) is 114 Å². The first-order valence-electron chi connectivity index (χ1n) is 6.68. The third-order valence-corrected chi connectivity index (χ3v) is 3.11. The Labute approximate surface area is 117 Å². The molecule has 0 aliphatic rings. The van der Waals surface area contributed by atoms with Gasteiger partial charge in [-0.05, 0) is 20.3 Å². The fraction of sp³-hybridized carbons (Fsp3) is 0.667. The summed E-state index contributed by atoms with van der Waals surface area (Å²) in [5, 5.41) is 16.3. The molecule has 0 aliphatic carbocycles. The number of hydrogen-bond donors (Lipinski definition) is 2. The summed E-state index contributed by atoms with van der Waals surface area (Å²) in [6, 6.07) is 0. The average Bonchev–Trinajstić information content (AvgIpc) is 2.83. The van der Waals surface area contributed by atoms with E-state index in [-0.39, 0.29) is 18.1 Å². The summed E-state index contributed by atoms with van der Waals surface area (Å²) in [5.74, 6) is -1.06. The van der Waals surface area contributed by atoms with Crippen molar-refractivity contribution in [3.63, 3.8) is 0 Å². The number of nitrogens with zero attached hydrogens (tertiary/aromatic N) is 4. The van der Waals surface area contributed by atoms with Crippen LogP contribution in [0.2, 0.25) is 0 Å². The van der Waals surface area contributed by atoms with Gasteiger partial charge in [-0.2, -0.15) is 0 Å². The molecule has 8 nitrogen and oxygen atoms in total. The second kappa shape index (κ2) is 7.59. The Bertz CT molecular complexity index is 468. The Hall–Kier alpha value is -1.96. The molecule has 3 N–H and O–H groups in total. The van der Waals surface area contributed by atoms with Crippen molar-refractivity contribution in [2.45, 2.75) is 39.8 Å². The third-order valence-electron chi connectivity index (χ3n) is 3.11. The van der Waals surface area contributed by atoms with E-state index in [1.54, 1.807) is 4.90 Å². The smallest absolute Gasteiger partial charge is 0.358 e. The SMILES string of the molecule is CCN(CC)C(=O)CCCn1nnc(C(=O)O)c1CN. The highest BCUT2D eigenvalue weighted by Gasteiger charge is 2.17. The van der Waals surface area contributed by atoms with Gasteiger partial charge in [0.25, 0.3) is 0 Å². The molecular weight excluding hydrogens is 262 g/mol. The summed E-state index contributed by atoms with van der Waals surface area (Å²) in [6.45, 7) is 5.74. The van der Waals surface area contributed by atoms with E-state index in [9.17, 15) is 9.59 Å². The molecule has 1 rings (SSSR count). The van der Waals surface area contributed by atoms with E-state index in [1.807, 2.05) is 13.8 Å². The van der Waals surface area contributed by atoms with Crippen molar-refractivity contribution in [2.24, 2.45) is 5.73 Å². The third kappa shape index (κ3) is 3.77. The zero-order valence-electron chi connectivity index (χ0n) is 11.9. The lowest BCUT2D eigenvalue weighted by Crippen LogP contribution is -2.30. The number of aromatic nitrogens is 3. The van der Waals surface area contributed by atoms with Crippen molar-refractivity contribution in [2.75, 3.05) is 13.1 Å². The highest BCUT2D eigenvalue weighted by atomic mass is 16.4. The van der Waals surface area contributed by atoms with Crippen LogP contribution in [0.3, 0.4) is 0 Å². The average molecular weight is 283 g/mol. The predicted molar refractivity (Wildman–Crippen MR) is 72.0 cm³/mol. The molecule has 1 aromatic rings. The van der Waals surface area contributed by atoms with Crippen LogP contribution >= 0.6 is 0 Å². The second-order valence-corrected chi connectivity index (χ2v) is 4.29. The van der Waals surface area contributed by atoms with E-state index in [2.05, 4.69) is 10.3 Å². The Morgan fingerprint density at radius 2 is 2.00 bits per heavy atom. The van der Waals surface area contributed by atoms with Crippen molar-refractivity contribution in [3.8, 4) is 0 Å². The number of carboxylic acids is 1. The van der Waals surface area contributed by atoms with Gasteiger partial charge in [0.15, 0.2) is 5.69 Å². The lowest BCUT2D eigenvalue weighted by molar-refractivity contribution is -0.130. The molecule has 0 bridgehead atoms. The number of nitrogens with two attached hydrogens (primary N) is 1. The van der Waals surface area contributed by atoms with Crippen LogP contribution in [0.15, 0.2) is 0 Å². The number of aromatic carboxylic acids is 1. The predicted octanol–water partition coefficient (Wildman–Crippen LogP) is 0.0836. The first-order chi connectivity index (χ1) is 9.54. The van der Waals surface area contributed by atoms with Gasteiger partial charge >= 0.3 is 5.97 Å². The molecule has 8 heteroatoms. The Kier molecular flexibility index (Phi) is 6.10. The van der Waals surface area contributed by atoms with Crippen LogP contribution in [0, 0.1) is 0 Å². The number of carbonyl (C=O) groups is 2. The van der Waals surface area contributed by atoms with Gasteiger partial charge in [-0.25, -0.2) is 9.48 Å². The molecule has 1 amide bonds. The minimum absolute atomic E-state index is 0.0542. The Morgan fingerprint density at radius 3 is 2.50 bits per heavy atom. The standard InChI is InChI=1S/C12H21N5O3/c1-3-16(4-2)10(18)6-5-7-17-9(8-13)11(12(19)20)14-15-17/h3-8,13H2,1-2H3,(H,19,20). The first kappa shape index (κ1) is 16.1. The molecule has 0 saturated carbocycles. The highest BCUT2D eigenvalue weighted by Crippen LogP contribution is 2.07. The van der Waals surface area contributed by atoms with E-state index in [4.69, 9.17) is 10.8 Å². The number of amides is 1. The van der Waals surface area contributed by atoms with Crippen molar-refractivity contribution in [3.05, 3.63) is 11.4 Å². The Morgan fingerprint density at radius 1 is 1.35 bits per heavy atom. The van der Waals surface area contributed by atoms with Gasteiger partial charge in [0.05, 0.1) is 5.69 Å².